The molecule has 0 fully saturated rings. The van der Waals surface area contributed by atoms with Crippen molar-refractivity contribution < 1.29 is 9.59 Å². The fourth-order valence-electron chi connectivity index (χ4n) is 0.995. The van der Waals surface area contributed by atoms with Crippen molar-refractivity contribution in [1.29, 1.82) is 0 Å². The number of imidazole rings is 1. The van der Waals surface area contributed by atoms with Gasteiger partial charge in [0, 0.05) is 13.8 Å². The van der Waals surface area contributed by atoms with E-state index in [0.29, 0.717) is 0 Å². The molecule has 0 saturated heterocycles. The number of nitrogens with zero attached hydrogens (tertiary/aromatic N) is 2. The van der Waals surface area contributed by atoms with E-state index in [9.17, 15) is 9.59 Å². The van der Waals surface area contributed by atoms with Gasteiger partial charge in [0.1, 0.15) is 5.82 Å². The van der Waals surface area contributed by atoms with Crippen molar-refractivity contribution in [2.75, 3.05) is 10.6 Å². The maximum absolute atomic E-state index is 11.0. The first-order chi connectivity index (χ1) is 6.04. The van der Waals surface area contributed by atoms with E-state index in [4.69, 9.17) is 5.73 Å². The van der Waals surface area contributed by atoms with Crippen LogP contribution in [0.25, 0.3) is 0 Å². The molecule has 0 aliphatic heterocycles. The van der Waals surface area contributed by atoms with E-state index in [2.05, 4.69) is 9.97 Å². The van der Waals surface area contributed by atoms with E-state index in [-0.39, 0.29) is 11.6 Å². The van der Waals surface area contributed by atoms with Gasteiger partial charge in [0.05, 0.1) is 6.33 Å². The zero-order chi connectivity index (χ0) is 10.0. The molecule has 70 valence electrons. The third-order valence-corrected chi connectivity index (χ3v) is 1.49. The fraction of sp³-hybridized carbons (Fsp3) is 0.286. The lowest BCUT2D eigenvalue weighted by Gasteiger charge is -2.14. The topological polar surface area (TPSA) is 92.1 Å². The standard InChI is InChI=1S/C7H10N4O2/c1-4(12)11(5(2)13)7-6(8)9-3-10-7/h3H,8H2,1-2H3,(H,9,10). The van der Waals surface area contributed by atoms with Gasteiger partial charge in [-0.1, -0.05) is 0 Å². The average molecular weight is 182 g/mol. The van der Waals surface area contributed by atoms with Crippen molar-refractivity contribution in [3.63, 3.8) is 0 Å². The van der Waals surface area contributed by atoms with Crippen molar-refractivity contribution in [2.24, 2.45) is 0 Å². The van der Waals surface area contributed by atoms with Crippen LogP contribution >= 0.6 is 0 Å². The van der Waals surface area contributed by atoms with Crippen LogP contribution in [0.15, 0.2) is 6.33 Å². The van der Waals surface area contributed by atoms with E-state index >= 15 is 0 Å². The molecule has 3 N–H and O–H groups in total. The second-order valence-corrected chi connectivity index (χ2v) is 2.51. The molecule has 0 aliphatic carbocycles. The number of carbonyl (C=O) groups excluding carboxylic acids is 2. The molecule has 0 atom stereocenters. The van der Waals surface area contributed by atoms with Gasteiger partial charge < -0.3 is 10.7 Å². The van der Waals surface area contributed by atoms with Crippen molar-refractivity contribution in [3.8, 4) is 0 Å². The van der Waals surface area contributed by atoms with Gasteiger partial charge in [-0.15, -0.1) is 0 Å². The van der Waals surface area contributed by atoms with Crippen LogP contribution in [0, 0.1) is 0 Å². The van der Waals surface area contributed by atoms with Gasteiger partial charge >= 0.3 is 0 Å². The summed E-state index contributed by atoms with van der Waals surface area (Å²) in [6.45, 7) is 2.55. The molecule has 1 aromatic heterocycles. The highest BCUT2D eigenvalue weighted by Crippen LogP contribution is 2.17. The van der Waals surface area contributed by atoms with E-state index in [1.54, 1.807) is 0 Å². The van der Waals surface area contributed by atoms with Crippen molar-refractivity contribution in [1.82, 2.24) is 9.97 Å². The number of nitrogens with one attached hydrogen (secondary N) is 1. The number of H-pyrrole nitrogens is 1. The number of nitrogen functional groups attached to an aromatic ring is 1. The van der Waals surface area contributed by atoms with Gasteiger partial charge in [-0.05, 0) is 0 Å². The first-order valence-electron chi connectivity index (χ1n) is 3.64. The number of carbonyl (C=O) groups is 2. The Bertz CT molecular complexity index is 330. The number of hydrogen-bond donors (Lipinski definition) is 2. The number of imide groups is 1. The molecule has 6 nitrogen and oxygen atoms in total. The largest absolute Gasteiger partial charge is 0.382 e. The average Bonchev–Trinajstić information content (AvgIpc) is 2.35. The third-order valence-electron chi connectivity index (χ3n) is 1.49. The normalized spacial score (nSPS) is 9.69. The predicted octanol–water partition coefficient (Wildman–Crippen LogP) is -0.109. The molecule has 0 radical (unpaired) electrons. The minimum absolute atomic E-state index is 0.153. The summed E-state index contributed by atoms with van der Waals surface area (Å²) < 4.78 is 0. The summed E-state index contributed by atoms with van der Waals surface area (Å²) >= 11 is 0. The van der Waals surface area contributed by atoms with Crippen LogP contribution in [0.1, 0.15) is 13.8 Å². The zero-order valence-electron chi connectivity index (χ0n) is 7.37. The lowest BCUT2D eigenvalue weighted by Crippen LogP contribution is -2.33. The molecule has 1 aromatic rings. The molecule has 1 rings (SSSR count). The SMILES string of the molecule is CC(=O)N(C(C)=O)c1nc[nH]c1N. The molecule has 0 aromatic carbocycles. The maximum Gasteiger partial charge on any atom is 0.231 e. The van der Waals surface area contributed by atoms with E-state index in [1.807, 2.05) is 0 Å². The van der Waals surface area contributed by atoms with Gasteiger partial charge in [0.15, 0.2) is 5.82 Å². The fourth-order valence-corrected chi connectivity index (χ4v) is 0.995. The molecule has 0 spiro atoms. The Kier molecular flexibility index (Phi) is 2.32. The van der Waals surface area contributed by atoms with Gasteiger partial charge in [0.2, 0.25) is 11.8 Å². The summed E-state index contributed by atoms with van der Waals surface area (Å²) in [5.41, 5.74) is 5.45. The molecule has 1 heterocycles. The van der Waals surface area contributed by atoms with Crippen LogP contribution in [0.3, 0.4) is 0 Å². The summed E-state index contributed by atoms with van der Waals surface area (Å²) in [6, 6.07) is 0. The highest BCUT2D eigenvalue weighted by atomic mass is 16.2. The first kappa shape index (κ1) is 9.24. The van der Waals surface area contributed by atoms with Gasteiger partial charge in [-0.3, -0.25) is 9.59 Å². The Balaban J connectivity index is 3.09. The third kappa shape index (κ3) is 1.66. The Labute approximate surface area is 74.7 Å². The van der Waals surface area contributed by atoms with Crippen molar-refractivity contribution in [2.45, 2.75) is 13.8 Å². The zero-order valence-corrected chi connectivity index (χ0v) is 7.37. The number of nitrogens with two attached hydrogens (primary N) is 1. The van der Waals surface area contributed by atoms with E-state index in [1.165, 1.54) is 20.2 Å². The number of amides is 2. The van der Waals surface area contributed by atoms with Gasteiger partial charge in [0.25, 0.3) is 0 Å². The minimum Gasteiger partial charge on any atom is -0.382 e. The molecule has 2 amide bonds. The predicted molar refractivity (Wildman–Crippen MR) is 46.8 cm³/mol. The number of aromatic nitrogens is 2. The van der Waals surface area contributed by atoms with E-state index < -0.39 is 11.8 Å². The molecular formula is C7H10N4O2. The van der Waals surface area contributed by atoms with Crippen LogP contribution in [0.5, 0.6) is 0 Å². The molecule has 0 saturated carbocycles. The summed E-state index contributed by atoms with van der Waals surface area (Å²) in [7, 11) is 0. The second-order valence-electron chi connectivity index (χ2n) is 2.51. The summed E-state index contributed by atoms with van der Waals surface area (Å²) in [5, 5.41) is 0. The molecule has 6 heteroatoms. The Morgan fingerprint density at radius 3 is 2.31 bits per heavy atom. The lowest BCUT2D eigenvalue weighted by molar-refractivity contribution is -0.124. The summed E-state index contributed by atoms with van der Waals surface area (Å²) in [4.78, 5) is 29.3. The van der Waals surface area contributed by atoms with Crippen LogP contribution in [0.2, 0.25) is 0 Å². The number of rotatable bonds is 1. The smallest absolute Gasteiger partial charge is 0.231 e. The molecule has 0 aliphatic rings. The molecular weight excluding hydrogens is 172 g/mol. The van der Waals surface area contributed by atoms with Crippen LogP contribution in [-0.2, 0) is 9.59 Å². The first-order valence-corrected chi connectivity index (χ1v) is 3.64. The maximum atomic E-state index is 11.0. The highest BCUT2D eigenvalue weighted by molar-refractivity contribution is 6.13. The monoisotopic (exact) mass is 182 g/mol. The number of hydrogen-bond acceptors (Lipinski definition) is 4. The van der Waals surface area contributed by atoms with Gasteiger partial charge in [-0.25, -0.2) is 9.88 Å². The van der Waals surface area contributed by atoms with Crippen LogP contribution < -0.4 is 10.6 Å². The summed E-state index contributed by atoms with van der Waals surface area (Å²) in [5.74, 6) is -0.469. The van der Waals surface area contributed by atoms with Crippen molar-refractivity contribution >= 4 is 23.5 Å². The van der Waals surface area contributed by atoms with Crippen molar-refractivity contribution in [3.05, 3.63) is 6.33 Å². The molecule has 0 unspecified atom stereocenters. The Morgan fingerprint density at radius 2 is 2.00 bits per heavy atom. The quantitative estimate of drug-likeness (QED) is 0.633. The van der Waals surface area contributed by atoms with Gasteiger partial charge in [-0.2, -0.15) is 0 Å². The Hall–Kier alpha value is -1.85. The lowest BCUT2D eigenvalue weighted by atomic mass is 10.4. The molecule has 13 heavy (non-hydrogen) atoms. The van der Waals surface area contributed by atoms with Crippen LogP contribution in [-0.4, -0.2) is 21.8 Å². The Morgan fingerprint density at radius 1 is 1.46 bits per heavy atom. The van der Waals surface area contributed by atoms with E-state index in [0.717, 1.165) is 4.90 Å². The second kappa shape index (κ2) is 3.26. The highest BCUT2D eigenvalue weighted by Gasteiger charge is 2.20. The minimum atomic E-state index is -0.411. The van der Waals surface area contributed by atoms with Crippen LogP contribution in [0.4, 0.5) is 11.6 Å². The molecule has 0 bridgehead atoms. The summed E-state index contributed by atoms with van der Waals surface area (Å²) in [6.07, 6.45) is 1.32. The number of anilines is 2. The number of aromatic amines is 1.